The molecule has 2 aromatic carbocycles. The number of rotatable bonds is 7. The summed E-state index contributed by atoms with van der Waals surface area (Å²) in [5.41, 5.74) is 3.50. The Labute approximate surface area is 166 Å². The molecule has 0 fully saturated rings. The Morgan fingerprint density at radius 1 is 1.11 bits per heavy atom. The van der Waals surface area contributed by atoms with Gasteiger partial charge >= 0.3 is 0 Å². The fourth-order valence-electron chi connectivity index (χ4n) is 3.09. The van der Waals surface area contributed by atoms with Gasteiger partial charge in [0.25, 0.3) is 0 Å². The molecule has 1 amide bonds. The Balaban J connectivity index is 2.28. The Morgan fingerprint density at radius 3 is 2.21 bits per heavy atom. The Bertz CT molecular complexity index is 943. The first kappa shape index (κ1) is 21.9. The number of nitrogens with zero attached hydrogens (tertiary/aromatic N) is 1. The van der Waals surface area contributed by atoms with Crippen LogP contribution in [0.4, 0.5) is 10.1 Å². The summed E-state index contributed by atoms with van der Waals surface area (Å²) in [7, 11) is -3.74. The molecule has 152 valence electrons. The molecular weight excluding hydrogens is 379 g/mol. The molecule has 2 atom stereocenters. The van der Waals surface area contributed by atoms with Crippen molar-refractivity contribution in [2.45, 2.75) is 46.2 Å². The van der Waals surface area contributed by atoms with E-state index in [0.29, 0.717) is 6.42 Å². The number of sulfonamides is 1. The number of benzene rings is 2. The van der Waals surface area contributed by atoms with Crippen LogP contribution in [0.5, 0.6) is 0 Å². The summed E-state index contributed by atoms with van der Waals surface area (Å²) in [5.74, 6) is -0.894. The summed E-state index contributed by atoms with van der Waals surface area (Å²) < 4.78 is 38.9. The van der Waals surface area contributed by atoms with Crippen LogP contribution in [0.2, 0.25) is 0 Å². The zero-order valence-corrected chi connectivity index (χ0v) is 17.7. The summed E-state index contributed by atoms with van der Waals surface area (Å²) in [6.45, 7) is 7.51. The summed E-state index contributed by atoms with van der Waals surface area (Å²) in [6.07, 6.45) is 1.69. The first-order valence-electron chi connectivity index (χ1n) is 9.17. The van der Waals surface area contributed by atoms with E-state index in [2.05, 4.69) is 5.32 Å². The van der Waals surface area contributed by atoms with E-state index in [9.17, 15) is 17.6 Å². The minimum Gasteiger partial charge on any atom is -0.347 e. The van der Waals surface area contributed by atoms with Crippen LogP contribution in [0.3, 0.4) is 0 Å². The molecule has 7 heteroatoms. The van der Waals surface area contributed by atoms with E-state index in [4.69, 9.17) is 0 Å². The molecule has 0 radical (unpaired) electrons. The number of anilines is 1. The predicted octanol–water partition coefficient (Wildman–Crippen LogP) is 3.86. The maximum atomic E-state index is 13.2. The lowest BCUT2D eigenvalue weighted by Gasteiger charge is -2.30. The number of halogens is 1. The number of aryl methyl sites for hydroxylation is 2. The summed E-state index contributed by atoms with van der Waals surface area (Å²) in [6, 6.07) is 9.82. The van der Waals surface area contributed by atoms with E-state index < -0.39 is 27.8 Å². The zero-order valence-electron chi connectivity index (χ0n) is 16.9. The highest BCUT2D eigenvalue weighted by Crippen LogP contribution is 2.23. The first-order chi connectivity index (χ1) is 13.0. The van der Waals surface area contributed by atoms with Crippen molar-refractivity contribution in [3.05, 3.63) is 65.0 Å². The van der Waals surface area contributed by atoms with Gasteiger partial charge < -0.3 is 5.32 Å². The van der Waals surface area contributed by atoms with E-state index in [1.54, 1.807) is 0 Å². The Morgan fingerprint density at radius 2 is 1.71 bits per heavy atom. The molecule has 0 aromatic heterocycles. The van der Waals surface area contributed by atoms with Gasteiger partial charge in [0.15, 0.2) is 0 Å². The summed E-state index contributed by atoms with van der Waals surface area (Å²) in [4.78, 5) is 12.9. The molecule has 0 unspecified atom stereocenters. The number of nitrogens with one attached hydrogen (secondary N) is 1. The quantitative estimate of drug-likeness (QED) is 0.759. The van der Waals surface area contributed by atoms with Crippen molar-refractivity contribution < 1.29 is 17.6 Å². The van der Waals surface area contributed by atoms with Gasteiger partial charge in [0, 0.05) is 0 Å². The van der Waals surface area contributed by atoms with Crippen LogP contribution >= 0.6 is 0 Å². The van der Waals surface area contributed by atoms with Crippen molar-refractivity contribution in [3.63, 3.8) is 0 Å². The van der Waals surface area contributed by atoms with Crippen LogP contribution in [0.25, 0.3) is 0 Å². The van der Waals surface area contributed by atoms with E-state index in [0.717, 1.165) is 27.3 Å². The molecule has 2 rings (SSSR count). The minimum atomic E-state index is -3.74. The van der Waals surface area contributed by atoms with Crippen LogP contribution in [-0.2, 0) is 14.8 Å². The van der Waals surface area contributed by atoms with Gasteiger partial charge in [-0.05, 0) is 68.1 Å². The van der Waals surface area contributed by atoms with Crippen LogP contribution in [0.15, 0.2) is 42.5 Å². The van der Waals surface area contributed by atoms with Gasteiger partial charge in [0.1, 0.15) is 11.9 Å². The second-order valence-electron chi connectivity index (χ2n) is 7.02. The van der Waals surface area contributed by atoms with Crippen molar-refractivity contribution >= 4 is 21.6 Å². The maximum Gasteiger partial charge on any atom is 0.244 e. The monoisotopic (exact) mass is 406 g/mol. The van der Waals surface area contributed by atoms with Crippen molar-refractivity contribution in [2.24, 2.45) is 0 Å². The van der Waals surface area contributed by atoms with Crippen molar-refractivity contribution in [2.75, 3.05) is 10.6 Å². The fourth-order valence-corrected chi connectivity index (χ4v) is 4.27. The summed E-state index contributed by atoms with van der Waals surface area (Å²) in [5, 5.41) is 2.94. The van der Waals surface area contributed by atoms with E-state index in [1.807, 2.05) is 39.0 Å². The largest absolute Gasteiger partial charge is 0.347 e. The van der Waals surface area contributed by atoms with Gasteiger partial charge in [-0.3, -0.25) is 9.10 Å². The van der Waals surface area contributed by atoms with Gasteiger partial charge in [-0.2, -0.15) is 0 Å². The molecule has 0 spiro atoms. The number of hydrogen-bond donors (Lipinski definition) is 1. The number of hydrogen-bond acceptors (Lipinski definition) is 3. The Hall–Kier alpha value is -2.41. The molecule has 5 nitrogen and oxygen atoms in total. The van der Waals surface area contributed by atoms with Crippen molar-refractivity contribution in [1.82, 2.24) is 5.32 Å². The van der Waals surface area contributed by atoms with Crippen LogP contribution in [-0.4, -0.2) is 26.6 Å². The molecule has 2 aromatic rings. The molecule has 0 bridgehead atoms. The smallest absolute Gasteiger partial charge is 0.244 e. The third-order valence-electron chi connectivity index (χ3n) is 4.83. The van der Waals surface area contributed by atoms with Crippen LogP contribution in [0.1, 0.15) is 43.0 Å². The van der Waals surface area contributed by atoms with Gasteiger partial charge in [-0.1, -0.05) is 25.1 Å². The molecule has 0 saturated carbocycles. The third-order valence-corrected chi connectivity index (χ3v) is 6.07. The highest BCUT2D eigenvalue weighted by molar-refractivity contribution is 7.92. The predicted molar refractivity (Wildman–Crippen MR) is 110 cm³/mol. The lowest BCUT2D eigenvalue weighted by Crippen LogP contribution is -2.48. The minimum absolute atomic E-state index is 0.233. The SMILES string of the molecule is CC[C@@H](NC(=O)[C@@H](C)N(c1ccc(F)cc1)S(C)(=O)=O)c1ccc(C)c(C)c1. The van der Waals surface area contributed by atoms with Crippen LogP contribution < -0.4 is 9.62 Å². The lowest BCUT2D eigenvalue weighted by atomic mass is 9.99. The van der Waals surface area contributed by atoms with E-state index >= 15 is 0 Å². The number of amides is 1. The molecule has 28 heavy (non-hydrogen) atoms. The van der Waals surface area contributed by atoms with Gasteiger partial charge in [-0.15, -0.1) is 0 Å². The maximum absolute atomic E-state index is 13.2. The van der Waals surface area contributed by atoms with Gasteiger partial charge in [0.05, 0.1) is 18.0 Å². The van der Waals surface area contributed by atoms with Gasteiger partial charge in [0.2, 0.25) is 15.9 Å². The Kier molecular flexibility index (Phi) is 6.82. The average molecular weight is 407 g/mol. The first-order valence-corrected chi connectivity index (χ1v) is 11.0. The van der Waals surface area contributed by atoms with Crippen LogP contribution in [0, 0.1) is 19.7 Å². The molecule has 1 N–H and O–H groups in total. The van der Waals surface area contributed by atoms with Gasteiger partial charge in [-0.25, -0.2) is 12.8 Å². The molecule has 0 aliphatic rings. The second kappa shape index (κ2) is 8.73. The summed E-state index contributed by atoms with van der Waals surface area (Å²) >= 11 is 0. The van der Waals surface area contributed by atoms with E-state index in [-0.39, 0.29) is 11.7 Å². The molecule has 0 heterocycles. The molecular formula is C21H27FN2O3S. The standard InChI is InChI=1S/C21H27FN2O3S/c1-6-20(17-8-7-14(2)15(3)13-17)23-21(25)16(4)24(28(5,26)27)19-11-9-18(22)10-12-19/h7-13,16,20H,6H2,1-5H3,(H,23,25)/t16-,20-/m1/s1. The van der Waals surface area contributed by atoms with E-state index in [1.165, 1.54) is 31.2 Å². The zero-order chi connectivity index (χ0) is 21.1. The number of carbonyl (C=O) groups is 1. The molecule has 0 saturated heterocycles. The average Bonchev–Trinajstić information content (AvgIpc) is 2.62. The molecule has 0 aliphatic carbocycles. The normalized spacial score (nSPS) is 13.6. The lowest BCUT2D eigenvalue weighted by molar-refractivity contribution is -0.122. The third kappa shape index (κ3) is 5.10. The highest BCUT2D eigenvalue weighted by atomic mass is 32.2. The second-order valence-corrected chi connectivity index (χ2v) is 8.88. The fraction of sp³-hybridized carbons (Fsp3) is 0.381. The molecule has 0 aliphatic heterocycles. The number of carbonyl (C=O) groups excluding carboxylic acids is 1. The highest BCUT2D eigenvalue weighted by Gasteiger charge is 2.30. The topological polar surface area (TPSA) is 66.5 Å². The van der Waals surface area contributed by atoms with Crippen molar-refractivity contribution in [1.29, 1.82) is 0 Å². The van der Waals surface area contributed by atoms with Crippen molar-refractivity contribution in [3.8, 4) is 0 Å².